The lowest BCUT2D eigenvalue weighted by molar-refractivity contribution is 0.154. The molecule has 1 aromatic rings. The molecule has 88 valence electrons. The van der Waals surface area contributed by atoms with Gasteiger partial charge in [0.1, 0.15) is 11.6 Å². The second-order valence-electron chi connectivity index (χ2n) is 4.15. The number of aliphatic hydroxyl groups is 1. The van der Waals surface area contributed by atoms with Gasteiger partial charge in [0.2, 0.25) is 0 Å². The molecule has 0 spiro atoms. The molecule has 2 rings (SSSR count). The van der Waals surface area contributed by atoms with Gasteiger partial charge in [-0.25, -0.2) is 4.98 Å². The normalized spacial score (nSPS) is 21.1. The summed E-state index contributed by atoms with van der Waals surface area (Å²) in [5.41, 5.74) is -0.123. The van der Waals surface area contributed by atoms with Gasteiger partial charge in [0, 0.05) is 25.6 Å². The molecule has 0 aromatic carbocycles. The van der Waals surface area contributed by atoms with E-state index in [1.807, 2.05) is 11.8 Å². The Morgan fingerprint density at radius 1 is 1.69 bits per heavy atom. The van der Waals surface area contributed by atoms with Gasteiger partial charge in [-0.15, -0.1) is 0 Å². The molecule has 2 heterocycles. The minimum absolute atomic E-state index is 0.123. The van der Waals surface area contributed by atoms with Gasteiger partial charge in [0.15, 0.2) is 0 Å². The lowest BCUT2D eigenvalue weighted by Gasteiger charge is -2.30. The number of piperidine rings is 1. The first-order valence-electron chi connectivity index (χ1n) is 5.72. The molecule has 0 radical (unpaired) electrons. The lowest BCUT2D eigenvalue weighted by Crippen LogP contribution is -2.39. The number of nitrogens with one attached hydrogen (secondary N) is 1. The van der Waals surface area contributed by atoms with Crippen molar-refractivity contribution in [2.45, 2.75) is 32.3 Å². The summed E-state index contributed by atoms with van der Waals surface area (Å²) in [6.07, 6.45) is 2.18. The Labute approximate surface area is 94.1 Å². The van der Waals surface area contributed by atoms with Gasteiger partial charge >= 0.3 is 0 Å². The highest BCUT2D eigenvalue weighted by atomic mass is 16.3. The van der Waals surface area contributed by atoms with Crippen molar-refractivity contribution >= 4 is 5.82 Å². The van der Waals surface area contributed by atoms with Crippen molar-refractivity contribution < 1.29 is 5.11 Å². The number of aromatic amines is 1. The molecule has 0 saturated carbocycles. The summed E-state index contributed by atoms with van der Waals surface area (Å²) in [6, 6.07) is 1.50. The van der Waals surface area contributed by atoms with Crippen LogP contribution in [0, 0.1) is 0 Å². The average Bonchev–Trinajstić information content (AvgIpc) is 2.28. The van der Waals surface area contributed by atoms with Gasteiger partial charge in [-0.2, -0.15) is 0 Å². The van der Waals surface area contributed by atoms with Crippen molar-refractivity contribution in [3.05, 3.63) is 22.2 Å². The van der Waals surface area contributed by atoms with Crippen molar-refractivity contribution in [1.29, 1.82) is 0 Å². The number of H-pyrrole nitrogens is 1. The molecule has 0 amide bonds. The molecule has 1 unspecified atom stereocenters. The zero-order chi connectivity index (χ0) is 11.5. The second-order valence-corrected chi connectivity index (χ2v) is 4.15. The van der Waals surface area contributed by atoms with Crippen LogP contribution in [0.25, 0.3) is 0 Å². The zero-order valence-corrected chi connectivity index (χ0v) is 9.44. The molecule has 2 N–H and O–H groups in total. The van der Waals surface area contributed by atoms with E-state index in [9.17, 15) is 9.90 Å². The summed E-state index contributed by atoms with van der Waals surface area (Å²) in [4.78, 5) is 20.4. The van der Waals surface area contributed by atoms with E-state index in [0.717, 1.165) is 19.4 Å². The van der Waals surface area contributed by atoms with Crippen molar-refractivity contribution in [2.75, 3.05) is 18.0 Å². The molecule has 1 saturated heterocycles. The van der Waals surface area contributed by atoms with Gasteiger partial charge in [-0.3, -0.25) is 4.79 Å². The van der Waals surface area contributed by atoms with E-state index in [0.29, 0.717) is 24.6 Å². The quantitative estimate of drug-likeness (QED) is 0.756. The Morgan fingerprint density at radius 2 is 2.50 bits per heavy atom. The predicted octanol–water partition coefficient (Wildman–Crippen LogP) is 0.293. The molecule has 1 atom stereocenters. The van der Waals surface area contributed by atoms with E-state index in [1.165, 1.54) is 6.07 Å². The van der Waals surface area contributed by atoms with E-state index >= 15 is 0 Å². The molecule has 5 nitrogen and oxygen atoms in total. The largest absolute Gasteiger partial charge is 0.391 e. The minimum Gasteiger partial charge on any atom is -0.391 e. The van der Waals surface area contributed by atoms with E-state index in [-0.39, 0.29) is 11.7 Å². The highest BCUT2D eigenvalue weighted by molar-refractivity contribution is 5.38. The van der Waals surface area contributed by atoms with E-state index in [1.54, 1.807) is 0 Å². The lowest BCUT2D eigenvalue weighted by atomic mass is 10.1. The van der Waals surface area contributed by atoms with E-state index < -0.39 is 0 Å². The first-order chi connectivity index (χ1) is 7.69. The van der Waals surface area contributed by atoms with Crippen molar-refractivity contribution in [2.24, 2.45) is 0 Å². The SMILES string of the molecule is CCc1nc(N2CCCC(O)C2)cc(=O)[nH]1. The van der Waals surface area contributed by atoms with Crippen LogP contribution in [0.1, 0.15) is 25.6 Å². The number of anilines is 1. The van der Waals surface area contributed by atoms with Crippen LogP contribution in [0.4, 0.5) is 5.82 Å². The summed E-state index contributed by atoms with van der Waals surface area (Å²) >= 11 is 0. The zero-order valence-electron chi connectivity index (χ0n) is 9.44. The topological polar surface area (TPSA) is 69.2 Å². The minimum atomic E-state index is -0.306. The van der Waals surface area contributed by atoms with Crippen molar-refractivity contribution in [3.8, 4) is 0 Å². The van der Waals surface area contributed by atoms with Gasteiger partial charge in [-0.1, -0.05) is 6.92 Å². The third kappa shape index (κ3) is 2.41. The van der Waals surface area contributed by atoms with Crippen LogP contribution in [-0.4, -0.2) is 34.3 Å². The monoisotopic (exact) mass is 223 g/mol. The van der Waals surface area contributed by atoms with Crippen molar-refractivity contribution in [1.82, 2.24) is 9.97 Å². The molecule has 0 bridgehead atoms. The molecule has 1 aliphatic rings. The van der Waals surface area contributed by atoms with Gasteiger partial charge in [-0.05, 0) is 12.8 Å². The van der Waals surface area contributed by atoms with Crippen LogP contribution >= 0.6 is 0 Å². The number of aryl methyl sites for hydroxylation is 1. The molecular formula is C11H17N3O2. The summed E-state index contributed by atoms with van der Waals surface area (Å²) in [6.45, 7) is 3.38. The molecule has 16 heavy (non-hydrogen) atoms. The molecule has 0 aliphatic carbocycles. The number of hydrogen-bond acceptors (Lipinski definition) is 4. The fourth-order valence-corrected chi connectivity index (χ4v) is 1.99. The first kappa shape index (κ1) is 11.1. The highest BCUT2D eigenvalue weighted by Gasteiger charge is 2.19. The molecule has 1 fully saturated rings. The molecular weight excluding hydrogens is 206 g/mol. The Morgan fingerprint density at radius 3 is 3.19 bits per heavy atom. The summed E-state index contributed by atoms with van der Waals surface area (Å²) in [7, 11) is 0. The average molecular weight is 223 g/mol. The summed E-state index contributed by atoms with van der Waals surface area (Å²) < 4.78 is 0. The summed E-state index contributed by atoms with van der Waals surface area (Å²) in [5, 5.41) is 9.58. The van der Waals surface area contributed by atoms with Gasteiger partial charge in [0.05, 0.1) is 6.10 Å². The number of aliphatic hydroxyl groups excluding tert-OH is 1. The van der Waals surface area contributed by atoms with E-state index in [4.69, 9.17) is 0 Å². The third-order valence-electron chi connectivity index (χ3n) is 2.83. The molecule has 1 aromatic heterocycles. The number of aromatic nitrogens is 2. The number of rotatable bonds is 2. The van der Waals surface area contributed by atoms with Gasteiger partial charge in [0.25, 0.3) is 5.56 Å². The van der Waals surface area contributed by atoms with Crippen LogP contribution in [0.15, 0.2) is 10.9 Å². The Hall–Kier alpha value is -1.36. The fraction of sp³-hybridized carbons (Fsp3) is 0.636. The predicted molar refractivity (Wildman–Crippen MR) is 61.7 cm³/mol. The number of β-amino-alcohol motifs (C(OH)–C–C–N with tert-alkyl or cyclic N) is 1. The second kappa shape index (κ2) is 4.65. The number of hydrogen-bond donors (Lipinski definition) is 2. The van der Waals surface area contributed by atoms with Crippen LogP contribution in [-0.2, 0) is 6.42 Å². The highest BCUT2D eigenvalue weighted by Crippen LogP contribution is 2.16. The van der Waals surface area contributed by atoms with Crippen molar-refractivity contribution in [3.63, 3.8) is 0 Å². The maximum atomic E-state index is 11.4. The molecule has 1 aliphatic heterocycles. The van der Waals surface area contributed by atoms with Crippen LogP contribution in [0.3, 0.4) is 0 Å². The molecule has 5 heteroatoms. The summed E-state index contributed by atoms with van der Waals surface area (Å²) in [5.74, 6) is 1.38. The Kier molecular flexibility index (Phi) is 3.24. The Balaban J connectivity index is 2.25. The van der Waals surface area contributed by atoms with Crippen LogP contribution in [0.2, 0.25) is 0 Å². The Bertz CT molecular complexity index is 416. The fourth-order valence-electron chi connectivity index (χ4n) is 1.99. The maximum Gasteiger partial charge on any atom is 0.252 e. The van der Waals surface area contributed by atoms with E-state index in [2.05, 4.69) is 9.97 Å². The smallest absolute Gasteiger partial charge is 0.252 e. The third-order valence-corrected chi connectivity index (χ3v) is 2.83. The number of nitrogens with zero attached hydrogens (tertiary/aromatic N) is 2. The first-order valence-corrected chi connectivity index (χ1v) is 5.72. The van der Waals surface area contributed by atoms with Crippen LogP contribution < -0.4 is 10.5 Å². The van der Waals surface area contributed by atoms with Crippen LogP contribution in [0.5, 0.6) is 0 Å². The van der Waals surface area contributed by atoms with Gasteiger partial charge < -0.3 is 15.0 Å². The maximum absolute atomic E-state index is 11.4. The standard InChI is InChI=1S/C11H17N3O2/c1-2-9-12-10(6-11(16)13-9)14-5-3-4-8(15)7-14/h6,8,15H,2-5,7H2,1H3,(H,12,13,16).